The molecule has 0 spiro atoms. The van der Waals surface area contributed by atoms with Gasteiger partial charge in [-0.25, -0.2) is 15.0 Å². The second-order valence-corrected chi connectivity index (χ2v) is 9.39. The van der Waals surface area contributed by atoms with E-state index in [2.05, 4.69) is 41.0 Å². The van der Waals surface area contributed by atoms with Crippen LogP contribution in [0.5, 0.6) is 5.75 Å². The van der Waals surface area contributed by atoms with Crippen molar-refractivity contribution in [2.75, 3.05) is 0 Å². The maximum atomic E-state index is 9.23. The van der Waals surface area contributed by atoms with Gasteiger partial charge in [0, 0.05) is 33.2 Å². The van der Waals surface area contributed by atoms with Crippen LogP contribution in [0.3, 0.4) is 0 Å². The Kier molecular flexibility index (Phi) is 6.03. The second-order valence-electron chi connectivity index (χ2n) is 9.39. The molecule has 0 saturated heterocycles. The van der Waals surface area contributed by atoms with Crippen LogP contribution in [-0.2, 0) is 0 Å². The lowest BCUT2D eigenvalue weighted by Crippen LogP contribution is -2.00. The predicted molar refractivity (Wildman–Crippen MR) is 160 cm³/mol. The molecule has 7 aromatic rings. The molecule has 0 aliphatic heterocycles. The molecule has 0 aliphatic rings. The number of hydrogen-bond donors (Lipinski definition) is 1. The molecule has 0 amide bonds. The second kappa shape index (κ2) is 10.1. The predicted octanol–water partition coefficient (Wildman–Crippen LogP) is 6.61. The fourth-order valence-corrected chi connectivity index (χ4v) is 5.09. The molecule has 0 radical (unpaired) electrons. The molecule has 0 bridgehead atoms. The Labute approximate surface area is 231 Å². The molecule has 0 atom stereocenters. The van der Waals surface area contributed by atoms with Crippen molar-refractivity contribution in [3.63, 3.8) is 0 Å². The largest absolute Gasteiger partial charge is 0.539 e. The van der Waals surface area contributed by atoms with Gasteiger partial charge in [-0.15, -0.1) is 0 Å². The van der Waals surface area contributed by atoms with E-state index in [1.54, 1.807) is 0 Å². The minimum absolute atomic E-state index is 0.360. The van der Waals surface area contributed by atoms with Gasteiger partial charge in [0.05, 0.1) is 11.0 Å². The molecule has 1 N–H and O–H groups in total. The van der Waals surface area contributed by atoms with Crippen molar-refractivity contribution in [1.82, 2.24) is 19.5 Å². The van der Waals surface area contributed by atoms with Crippen LogP contribution >= 0.6 is 0 Å². The van der Waals surface area contributed by atoms with Crippen LogP contribution in [0.25, 0.3) is 61.7 Å². The van der Waals surface area contributed by atoms with Crippen LogP contribution in [0.1, 0.15) is 0 Å². The Hall–Kier alpha value is -5.27. The summed E-state index contributed by atoms with van der Waals surface area (Å²) in [6, 6.07) is 42.4. The van der Waals surface area contributed by atoms with E-state index in [9.17, 15) is 5.02 Å². The molecule has 2 aromatic heterocycles. The smallest absolute Gasteiger partial charge is 0.504 e. The molecular formula is C33H23BN4O2. The zero-order valence-electron chi connectivity index (χ0n) is 21.5. The first-order valence-corrected chi connectivity index (χ1v) is 13.0. The topological polar surface area (TPSA) is 73.1 Å². The summed E-state index contributed by atoms with van der Waals surface area (Å²) < 4.78 is 7.58. The third kappa shape index (κ3) is 4.28. The molecule has 40 heavy (non-hydrogen) atoms. The van der Waals surface area contributed by atoms with Gasteiger partial charge in [-0.1, -0.05) is 78.9 Å². The number of rotatable bonds is 6. The lowest BCUT2D eigenvalue weighted by molar-refractivity contribution is 0.454. The molecule has 0 saturated carbocycles. The van der Waals surface area contributed by atoms with Crippen molar-refractivity contribution >= 4 is 29.5 Å². The Morgan fingerprint density at radius 3 is 1.65 bits per heavy atom. The Morgan fingerprint density at radius 1 is 0.525 bits per heavy atom. The standard InChI is InChI=1S/C33H23BN4O2/c39-34-40-26-19-20-30-28(21-26)27-13-7-8-14-29(27)38(30)25-17-15-24(16-18-25)33-36-31(22-9-3-1-4-10-22)35-32(37-33)23-11-5-2-6-12-23/h1-21,34,39H. The molecule has 0 unspecified atom stereocenters. The summed E-state index contributed by atoms with van der Waals surface area (Å²) in [7, 11) is -0.360. The van der Waals surface area contributed by atoms with Crippen LogP contribution in [-0.4, -0.2) is 32.2 Å². The lowest BCUT2D eigenvalue weighted by atomic mass is 10.1. The molecule has 7 rings (SSSR count). The summed E-state index contributed by atoms with van der Waals surface area (Å²) in [4.78, 5) is 14.5. The first-order chi connectivity index (χ1) is 19.8. The highest BCUT2D eigenvalue weighted by Crippen LogP contribution is 2.34. The van der Waals surface area contributed by atoms with E-state index in [1.165, 1.54) is 0 Å². The minimum atomic E-state index is -0.360. The van der Waals surface area contributed by atoms with Crippen LogP contribution in [0.15, 0.2) is 127 Å². The van der Waals surface area contributed by atoms with Gasteiger partial charge in [-0.3, -0.25) is 0 Å². The molecule has 2 heterocycles. The number of fused-ring (bicyclic) bond motifs is 3. The number of nitrogens with zero attached hydrogens (tertiary/aromatic N) is 4. The van der Waals surface area contributed by atoms with Crippen molar-refractivity contribution in [3.8, 4) is 45.6 Å². The summed E-state index contributed by atoms with van der Waals surface area (Å²) in [5.74, 6) is 2.52. The Morgan fingerprint density at radius 2 is 1.05 bits per heavy atom. The fraction of sp³-hybridized carbons (Fsp3) is 0. The molecule has 0 aliphatic carbocycles. The summed E-state index contributed by atoms with van der Waals surface area (Å²) >= 11 is 0. The van der Waals surface area contributed by atoms with Gasteiger partial charge < -0.3 is 14.2 Å². The summed E-state index contributed by atoms with van der Waals surface area (Å²) in [5.41, 5.74) is 5.94. The van der Waals surface area contributed by atoms with Crippen LogP contribution in [0.2, 0.25) is 0 Å². The molecular weight excluding hydrogens is 495 g/mol. The van der Waals surface area contributed by atoms with Crippen LogP contribution in [0, 0.1) is 0 Å². The van der Waals surface area contributed by atoms with E-state index in [-0.39, 0.29) is 7.69 Å². The quantitative estimate of drug-likeness (QED) is 0.251. The van der Waals surface area contributed by atoms with Gasteiger partial charge in [0.1, 0.15) is 5.75 Å². The summed E-state index contributed by atoms with van der Waals surface area (Å²) in [6.45, 7) is 0. The van der Waals surface area contributed by atoms with Crippen molar-refractivity contribution < 1.29 is 9.68 Å². The van der Waals surface area contributed by atoms with Gasteiger partial charge in [-0.2, -0.15) is 0 Å². The zero-order valence-corrected chi connectivity index (χ0v) is 21.5. The van der Waals surface area contributed by atoms with Gasteiger partial charge in [0.15, 0.2) is 17.5 Å². The molecule has 7 heteroatoms. The normalized spacial score (nSPS) is 11.1. The van der Waals surface area contributed by atoms with E-state index in [0.29, 0.717) is 23.2 Å². The number of benzene rings is 5. The van der Waals surface area contributed by atoms with Gasteiger partial charge in [0.2, 0.25) is 0 Å². The highest BCUT2D eigenvalue weighted by molar-refractivity contribution is 6.17. The lowest BCUT2D eigenvalue weighted by Gasteiger charge is -2.11. The average molecular weight is 518 g/mol. The van der Waals surface area contributed by atoms with Crippen molar-refractivity contribution in [3.05, 3.63) is 127 Å². The monoisotopic (exact) mass is 518 g/mol. The minimum Gasteiger partial charge on any atom is -0.539 e. The number of hydrogen-bond acceptors (Lipinski definition) is 5. The van der Waals surface area contributed by atoms with E-state index in [1.807, 2.05) is 91.0 Å². The van der Waals surface area contributed by atoms with E-state index >= 15 is 0 Å². The first kappa shape index (κ1) is 23.8. The Bertz CT molecular complexity index is 1900. The molecule has 5 aromatic carbocycles. The van der Waals surface area contributed by atoms with Crippen molar-refractivity contribution in [2.24, 2.45) is 0 Å². The SMILES string of the molecule is OBOc1ccc2c(c1)c1ccccc1n2-c1ccc(-c2nc(-c3ccccc3)nc(-c3ccccc3)n2)cc1. The summed E-state index contributed by atoms with van der Waals surface area (Å²) in [6.07, 6.45) is 0. The molecule has 0 fully saturated rings. The maximum Gasteiger partial charge on any atom is 0.504 e. The van der Waals surface area contributed by atoms with Crippen LogP contribution in [0.4, 0.5) is 0 Å². The average Bonchev–Trinajstić information content (AvgIpc) is 3.36. The van der Waals surface area contributed by atoms with E-state index in [4.69, 9.17) is 19.6 Å². The molecule has 190 valence electrons. The zero-order chi connectivity index (χ0) is 26.9. The number of aromatic nitrogens is 4. The van der Waals surface area contributed by atoms with Crippen molar-refractivity contribution in [1.29, 1.82) is 0 Å². The highest BCUT2D eigenvalue weighted by atomic mass is 16.5. The number of para-hydroxylation sites is 1. The third-order valence-electron chi connectivity index (χ3n) is 6.96. The Balaban J connectivity index is 1.35. The fourth-order valence-electron chi connectivity index (χ4n) is 5.09. The van der Waals surface area contributed by atoms with Gasteiger partial charge >= 0.3 is 7.69 Å². The summed E-state index contributed by atoms with van der Waals surface area (Å²) in [5, 5.41) is 11.4. The van der Waals surface area contributed by atoms with E-state index in [0.717, 1.165) is 44.2 Å². The first-order valence-electron chi connectivity index (χ1n) is 13.0. The van der Waals surface area contributed by atoms with Gasteiger partial charge in [0.25, 0.3) is 0 Å². The van der Waals surface area contributed by atoms with Gasteiger partial charge in [-0.05, 0) is 48.5 Å². The van der Waals surface area contributed by atoms with Crippen molar-refractivity contribution in [2.45, 2.75) is 0 Å². The highest BCUT2D eigenvalue weighted by Gasteiger charge is 2.15. The molecule has 6 nitrogen and oxygen atoms in total. The third-order valence-corrected chi connectivity index (χ3v) is 6.96. The maximum absolute atomic E-state index is 9.23. The van der Waals surface area contributed by atoms with E-state index < -0.39 is 0 Å². The van der Waals surface area contributed by atoms with Crippen LogP contribution < -0.4 is 4.65 Å².